The number of carbonyl (C=O) groups excluding carboxylic acids is 3. The minimum absolute atomic E-state index is 0.217. The molecule has 1 aromatic rings. The molecule has 0 aromatic heterocycles. The number of benzene rings is 1. The number of hydrogen-bond acceptors (Lipinski definition) is 5. The highest BCUT2D eigenvalue weighted by molar-refractivity contribution is 6.30. The number of rotatable bonds is 8. The summed E-state index contributed by atoms with van der Waals surface area (Å²) in [6.45, 7) is 1.87. The number of halogens is 1. The van der Waals surface area contributed by atoms with Crippen molar-refractivity contribution in [2.45, 2.75) is 13.3 Å². The molecule has 23 heavy (non-hydrogen) atoms. The first-order chi connectivity index (χ1) is 11.0. The lowest BCUT2D eigenvalue weighted by Gasteiger charge is -2.05. The Morgan fingerprint density at radius 2 is 1.70 bits per heavy atom. The van der Waals surface area contributed by atoms with Crippen LogP contribution in [0.5, 0.6) is 0 Å². The number of hydrogen-bond donors (Lipinski definition) is 1. The molecule has 0 radical (unpaired) electrons. The molecule has 0 aliphatic heterocycles. The van der Waals surface area contributed by atoms with Gasteiger partial charge in [0, 0.05) is 23.7 Å². The van der Waals surface area contributed by atoms with Gasteiger partial charge in [-0.05, 0) is 31.0 Å². The minimum Gasteiger partial charge on any atom is -0.463 e. The van der Waals surface area contributed by atoms with Gasteiger partial charge in [-0.15, -0.1) is 0 Å². The molecular weight excluding hydrogens is 322 g/mol. The van der Waals surface area contributed by atoms with Crippen LogP contribution in [0.15, 0.2) is 36.4 Å². The molecule has 124 valence electrons. The van der Waals surface area contributed by atoms with Crippen molar-refractivity contribution in [1.82, 2.24) is 5.32 Å². The third-order valence-corrected chi connectivity index (χ3v) is 2.89. The van der Waals surface area contributed by atoms with Crippen LogP contribution < -0.4 is 5.32 Å². The molecule has 0 aliphatic rings. The fourth-order valence-corrected chi connectivity index (χ4v) is 1.69. The summed E-state index contributed by atoms with van der Waals surface area (Å²) in [6.07, 6.45) is 2.50. The molecule has 0 aliphatic carbocycles. The van der Waals surface area contributed by atoms with Crippen molar-refractivity contribution in [3.8, 4) is 0 Å². The molecule has 0 heterocycles. The number of amides is 1. The van der Waals surface area contributed by atoms with Crippen LogP contribution in [-0.2, 0) is 30.3 Å². The third-order valence-electron chi connectivity index (χ3n) is 2.64. The Hall–Kier alpha value is -2.34. The molecular formula is C16H18ClNO5. The maximum atomic E-state index is 11.5. The average Bonchev–Trinajstić information content (AvgIpc) is 2.53. The van der Waals surface area contributed by atoms with E-state index in [1.807, 2.05) is 12.1 Å². The van der Waals surface area contributed by atoms with Crippen molar-refractivity contribution in [3.05, 3.63) is 47.0 Å². The van der Waals surface area contributed by atoms with E-state index in [0.29, 0.717) is 18.0 Å². The fourth-order valence-electron chi connectivity index (χ4n) is 1.56. The third kappa shape index (κ3) is 8.63. The second kappa shape index (κ2) is 10.4. The molecule has 0 atom stereocenters. The van der Waals surface area contributed by atoms with Gasteiger partial charge in [0.2, 0.25) is 0 Å². The second-order valence-electron chi connectivity index (χ2n) is 4.42. The van der Waals surface area contributed by atoms with Gasteiger partial charge in [-0.1, -0.05) is 23.7 Å². The summed E-state index contributed by atoms with van der Waals surface area (Å²) < 4.78 is 9.29. The second-order valence-corrected chi connectivity index (χ2v) is 4.86. The molecule has 0 saturated carbocycles. The first-order valence-electron chi connectivity index (χ1n) is 7.04. The summed E-state index contributed by atoms with van der Waals surface area (Å²) in [6, 6.07) is 7.29. The summed E-state index contributed by atoms with van der Waals surface area (Å²) in [7, 11) is 0. The molecule has 0 bridgehead atoms. The van der Waals surface area contributed by atoms with Gasteiger partial charge in [-0.3, -0.25) is 4.79 Å². The number of ether oxygens (including phenoxy) is 2. The number of carbonyl (C=O) groups is 3. The van der Waals surface area contributed by atoms with E-state index in [2.05, 4.69) is 14.8 Å². The van der Waals surface area contributed by atoms with E-state index >= 15 is 0 Å². The molecule has 7 heteroatoms. The zero-order valence-corrected chi connectivity index (χ0v) is 13.5. The lowest BCUT2D eigenvalue weighted by atomic mass is 10.1. The summed E-state index contributed by atoms with van der Waals surface area (Å²) >= 11 is 5.78. The van der Waals surface area contributed by atoms with Gasteiger partial charge in [0.05, 0.1) is 6.61 Å². The molecule has 0 fully saturated rings. The van der Waals surface area contributed by atoms with Crippen LogP contribution in [-0.4, -0.2) is 37.6 Å². The maximum Gasteiger partial charge on any atom is 0.331 e. The predicted octanol–water partition coefficient (Wildman–Crippen LogP) is 1.66. The molecule has 1 amide bonds. The Labute approximate surface area is 139 Å². The fraction of sp³-hybridized carbons (Fsp3) is 0.312. The Balaban J connectivity index is 2.20. The maximum absolute atomic E-state index is 11.5. The highest BCUT2D eigenvalue weighted by atomic mass is 35.5. The molecule has 0 spiro atoms. The van der Waals surface area contributed by atoms with E-state index < -0.39 is 24.5 Å². The lowest BCUT2D eigenvalue weighted by molar-refractivity contribution is -0.144. The van der Waals surface area contributed by atoms with Crippen LogP contribution in [0.2, 0.25) is 5.02 Å². The molecule has 1 rings (SSSR count). The highest BCUT2D eigenvalue weighted by Crippen LogP contribution is 2.09. The molecule has 0 saturated heterocycles. The average molecular weight is 340 g/mol. The van der Waals surface area contributed by atoms with E-state index in [1.54, 1.807) is 19.1 Å². The van der Waals surface area contributed by atoms with Crippen molar-refractivity contribution in [2.75, 3.05) is 19.8 Å². The lowest BCUT2D eigenvalue weighted by Crippen LogP contribution is -2.30. The quantitative estimate of drug-likeness (QED) is 0.575. The monoisotopic (exact) mass is 339 g/mol. The largest absolute Gasteiger partial charge is 0.463 e. The van der Waals surface area contributed by atoms with Crippen LogP contribution in [0.4, 0.5) is 0 Å². The molecule has 6 nitrogen and oxygen atoms in total. The molecule has 1 N–H and O–H groups in total. The predicted molar refractivity (Wildman–Crippen MR) is 84.9 cm³/mol. The summed E-state index contributed by atoms with van der Waals surface area (Å²) in [5, 5.41) is 3.27. The highest BCUT2D eigenvalue weighted by Gasteiger charge is 2.05. The van der Waals surface area contributed by atoms with Crippen LogP contribution in [0.1, 0.15) is 12.5 Å². The van der Waals surface area contributed by atoms with E-state index in [4.69, 9.17) is 11.6 Å². The van der Waals surface area contributed by atoms with Gasteiger partial charge in [0.1, 0.15) is 0 Å². The van der Waals surface area contributed by atoms with E-state index in [9.17, 15) is 14.4 Å². The van der Waals surface area contributed by atoms with Gasteiger partial charge < -0.3 is 14.8 Å². The van der Waals surface area contributed by atoms with Crippen molar-refractivity contribution >= 4 is 29.4 Å². The van der Waals surface area contributed by atoms with Gasteiger partial charge in [-0.25, -0.2) is 9.59 Å². The van der Waals surface area contributed by atoms with Crippen LogP contribution in [0.25, 0.3) is 0 Å². The Morgan fingerprint density at radius 3 is 2.30 bits per heavy atom. The van der Waals surface area contributed by atoms with Gasteiger partial charge in [0.25, 0.3) is 5.91 Å². The molecule has 0 unspecified atom stereocenters. The van der Waals surface area contributed by atoms with Gasteiger partial charge in [0.15, 0.2) is 6.61 Å². The Bertz CT molecular complexity index is 568. The van der Waals surface area contributed by atoms with Crippen LogP contribution in [0, 0.1) is 0 Å². The van der Waals surface area contributed by atoms with E-state index in [0.717, 1.165) is 17.7 Å². The first kappa shape index (κ1) is 18.7. The summed E-state index contributed by atoms with van der Waals surface area (Å²) in [5.41, 5.74) is 1.03. The summed E-state index contributed by atoms with van der Waals surface area (Å²) in [4.78, 5) is 33.8. The van der Waals surface area contributed by atoms with E-state index in [1.165, 1.54) is 0 Å². The van der Waals surface area contributed by atoms with Gasteiger partial charge >= 0.3 is 11.9 Å². The van der Waals surface area contributed by atoms with Crippen molar-refractivity contribution in [2.24, 2.45) is 0 Å². The van der Waals surface area contributed by atoms with Gasteiger partial charge in [-0.2, -0.15) is 0 Å². The SMILES string of the molecule is CCOC(=O)/C=C/C(=O)OCC(=O)NCCc1ccc(Cl)cc1. The zero-order chi connectivity index (χ0) is 17.1. The zero-order valence-electron chi connectivity index (χ0n) is 12.7. The number of nitrogens with one attached hydrogen (secondary N) is 1. The minimum atomic E-state index is -0.786. The topological polar surface area (TPSA) is 81.7 Å². The Morgan fingerprint density at radius 1 is 1.09 bits per heavy atom. The smallest absolute Gasteiger partial charge is 0.331 e. The first-order valence-corrected chi connectivity index (χ1v) is 7.41. The van der Waals surface area contributed by atoms with Crippen LogP contribution in [0.3, 0.4) is 0 Å². The molecule has 1 aromatic carbocycles. The van der Waals surface area contributed by atoms with Crippen molar-refractivity contribution in [1.29, 1.82) is 0 Å². The van der Waals surface area contributed by atoms with Crippen molar-refractivity contribution in [3.63, 3.8) is 0 Å². The normalized spacial score (nSPS) is 10.3. The summed E-state index contributed by atoms with van der Waals surface area (Å²) in [5.74, 6) is -1.85. The number of esters is 2. The van der Waals surface area contributed by atoms with Crippen LogP contribution >= 0.6 is 11.6 Å². The van der Waals surface area contributed by atoms with E-state index in [-0.39, 0.29) is 6.61 Å². The Kier molecular flexibility index (Phi) is 8.46. The standard InChI is InChI=1S/C16H18ClNO5/c1-2-22-15(20)7-8-16(21)23-11-14(19)18-10-9-12-3-5-13(17)6-4-12/h3-8H,2,9-11H2,1H3,(H,18,19)/b8-7+. The van der Waals surface area contributed by atoms with Crippen molar-refractivity contribution < 1.29 is 23.9 Å².